The standard InChI is InChI=1S/C26H26NO/c1-15-14-17-10-9-13-20-22(17)21(16(15)2)24-25(28-20)23(26(3,4)5)18-11-7-8-12-19(18)27(24)6/h7-14H,1-6H3/q+1. The molecule has 1 aliphatic heterocycles. The highest BCUT2D eigenvalue weighted by molar-refractivity contribution is 6.05. The van der Waals surface area contributed by atoms with E-state index >= 15 is 0 Å². The molecule has 0 radical (unpaired) electrons. The van der Waals surface area contributed by atoms with Gasteiger partial charge in [0.05, 0.1) is 10.9 Å². The fraction of sp³-hybridized carbons (Fsp3) is 0.269. The maximum Gasteiger partial charge on any atom is 0.257 e. The average Bonchev–Trinajstić information content (AvgIpc) is 2.64. The van der Waals surface area contributed by atoms with E-state index in [1.54, 1.807) is 0 Å². The number of benzene rings is 3. The minimum Gasteiger partial charge on any atom is -0.449 e. The summed E-state index contributed by atoms with van der Waals surface area (Å²) in [6, 6.07) is 17.3. The highest BCUT2D eigenvalue weighted by Gasteiger charge is 2.37. The Kier molecular flexibility index (Phi) is 3.43. The summed E-state index contributed by atoms with van der Waals surface area (Å²) in [7, 11) is 2.17. The van der Waals surface area contributed by atoms with Crippen molar-refractivity contribution in [2.24, 2.45) is 7.05 Å². The first-order valence-electron chi connectivity index (χ1n) is 9.95. The van der Waals surface area contributed by atoms with Crippen molar-refractivity contribution in [2.45, 2.75) is 40.0 Å². The van der Waals surface area contributed by atoms with Crippen LogP contribution in [0.4, 0.5) is 0 Å². The second kappa shape index (κ2) is 5.57. The van der Waals surface area contributed by atoms with Gasteiger partial charge >= 0.3 is 0 Å². The minimum atomic E-state index is -0.0406. The molecule has 2 heteroatoms. The summed E-state index contributed by atoms with van der Waals surface area (Å²) in [6.07, 6.45) is 0. The molecule has 0 amide bonds. The highest BCUT2D eigenvalue weighted by Crippen LogP contribution is 2.51. The number of hydrogen-bond donors (Lipinski definition) is 0. The molecule has 0 saturated carbocycles. The number of pyridine rings is 1. The number of aryl methyl sites for hydroxylation is 2. The minimum absolute atomic E-state index is 0.0406. The van der Waals surface area contributed by atoms with Gasteiger partial charge in [0.1, 0.15) is 12.8 Å². The van der Waals surface area contributed by atoms with Gasteiger partial charge in [-0.25, -0.2) is 0 Å². The number of nitrogens with zero attached hydrogens (tertiary/aromatic N) is 1. The van der Waals surface area contributed by atoms with Crippen molar-refractivity contribution in [1.82, 2.24) is 0 Å². The van der Waals surface area contributed by atoms with Crippen LogP contribution in [-0.2, 0) is 12.5 Å². The maximum atomic E-state index is 6.67. The molecule has 0 unspecified atom stereocenters. The number of hydrogen-bond acceptors (Lipinski definition) is 1. The van der Waals surface area contributed by atoms with Crippen molar-refractivity contribution in [3.05, 3.63) is 65.2 Å². The molecule has 2 nitrogen and oxygen atoms in total. The summed E-state index contributed by atoms with van der Waals surface area (Å²) >= 11 is 0. The van der Waals surface area contributed by atoms with E-state index in [0.717, 1.165) is 11.5 Å². The zero-order valence-corrected chi connectivity index (χ0v) is 17.5. The predicted octanol–water partition coefficient (Wildman–Crippen LogP) is 6.50. The topological polar surface area (TPSA) is 13.1 Å². The average molecular weight is 369 g/mol. The monoisotopic (exact) mass is 368 g/mol. The summed E-state index contributed by atoms with van der Waals surface area (Å²) in [5, 5.41) is 3.73. The van der Waals surface area contributed by atoms with Gasteiger partial charge in [0.15, 0.2) is 0 Å². The predicted molar refractivity (Wildman–Crippen MR) is 116 cm³/mol. The van der Waals surface area contributed by atoms with Gasteiger partial charge in [-0.3, -0.25) is 0 Å². The fourth-order valence-corrected chi connectivity index (χ4v) is 4.77. The summed E-state index contributed by atoms with van der Waals surface area (Å²) in [5.41, 5.74) is 7.62. The fourth-order valence-electron chi connectivity index (χ4n) is 4.77. The van der Waals surface area contributed by atoms with Crippen molar-refractivity contribution in [3.63, 3.8) is 0 Å². The van der Waals surface area contributed by atoms with Crippen LogP contribution in [0.15, 0.2) is 48.5 Å². The van der Waals surface area contributed by atoms with Crippen LogP contribution in [0.3, 0.4) is 0 Å². The second-order valence-electron chi connectivity index (χ2n) is 9.03. The van der Waals surface area contributed by atoms with E-state index in [-0.39, 0.29) is 5.41 Å². The van der Waals surface area contributed by atoms with E-state index in [9.17, 15) is 0 Å². The molecule has 0 fully saturated rings. The molecule has 2 heterocycles. The summed E-state index contributed by atoms with van der Waals surface area (Å²) in [4.78, 5) is 0. The molecule has 0 saturated heterocycles. The first kappa shape index (κ1) is 17.2. The van der Waals surface area contributed by atoms with Crippen LogP contribution in [0.25, 0.3) is 32.9 Å². The maximum absolute atomic E-state index is 6.67. The van der Waals surface area contributed by atoms with Crippen molar-refractivity contribution < 1.29 is 9.30 Å². The van der Waals surface area contributed by atoms with Gasteiger partial charge in [0.25, 0.3) is 5.69 Å². The van der Waals surface area contributed by atoms with Crippen molar-refractivity contribution >= 4 is 21.7 Å². The second-order valence-corrected chi connectivity index (χ2v) is 9.03. The van der Waals surface area contributed by atoms with Crippen molar-refractivity contribution in [2.75, 3.05) is 0 Å². The highest BCUT2D eigenvalue weighted by atomic mass is 16.5. The molecule has 0 atom stereocenters. The van der Waals surface area contributed by atoms with Gasteiger partial charge in [-0.15, -0.1) is 0 Å². The zero-order valence-electron chi connectivity index (χ0n) is 17.5. The van der Waals surface area contributed by atoms with Crippen molar-refractivity contribution in [1.29, 1.82) is 0 Å². The molecule has 28 heavy (non-hydrogen) atoms. The number of rotatable bonds is 0. The van der Waals surface area contributed by atoms with E-state index in [1.165, 1.54) is 49.6 Å². The Morgan fingerprint density at radius 2 is 1.68 bits per heavy atom. The van der Waals surface area contributed by atoms with Gasteiger partial charge in [-0.2, -0.15) is 4.57 Å². The molecule has 5 rings (SSSR count). The first-order chi connectivity index (χ1) is 13.3. The molecule has 4 aromatic rings. The van der Waals surface area contributed by atoms with Crippen molar-refractivity contribution in [3.8, 4) is 22.8 Å². The van der Waals surface area contributed by atoms with Gasteiger partial charge in [0.2, 0.25) is 11.3 Å². The van der Waals surface area contributed by atoms with Crippen LogP contribution in [0.2, 0.25) is 0 Å². The lowest BCUT2D eigenvalue weighted by atomic mass is 9.81. The molecule has 1 aromatic heterocycles. The molecule has 0 bridgehead atoms. The molecule has 3 aromatic carbocycles. The van der Waals surface area contributed by atoms with E-state index in [0.29, 0.717) is 0 Å². The molecule has 0 spiro atoms. The lowest BCUT2D eigenvalue weighted by molar-refractivity contribution is -0.633. The Morgan fingerprint density at radius 3 is 2.43 bits per heavy atom. The van der Waals surface area contributed by atoms with Gasteiger partial charge in [0, 0.05) is 17.0 Å². The summed E-state index contributed by atoms with van der Waals surface area (Å²) in [6.45, 7) is 11.3. The third kappa shape index (κ3) is 2.18. The summed E-state index contributed by atoms with van der Waals surface area (Å²) < 4.78 is 8.99. The van der Waals surface area contributed by atoms with E-state index in [4.69, 9.17) is 4.74 Å². The smallest absolute Gasteiger partial charge is 0.257 e. The Hall–Kier alpha value is -2.87. The lowest BCUT2D eigenvalue weighted by Crippen LogP contribution is -2.35. The van der Waals surface area contributed by atoms with E-state index < -0.39 is 0 Å². The van der Waals surface area contributed by atoms with Crippen LogP contribution >= 0.6 is 0 Å². The lowest BCUT2D eigenvalue weighted by Gasteiger charge is -2.29. The molecule has 0 aliphatic carbocycles. The Morgan fingerprint density at radius 1 is 0.929 bits per heavy atom. The van der Waals surface area contributed by atoms with Gasteiger partial charge in [-0.1, -0.05) is 51.1 Å². The molecule has 1 aliphatic rings. The molecule has 0 N–H and O–H groups in total. The van der Waals surface area contributed by atoms with E-state index in [2.05, 4.69) is 94.8 Å². The third-order valence-corrected chi connectivity index (χ3v) is 6.16. The SMILES string of the molecule is Cc1cc2cccc3c2c(c1C)-c1c(c(C(C)(C)C)c2ccccc2[n+]1C)O3. The molecule has 140 valence electrons. The van der Waals surface area contributed by atoms with Gasteiger partial charge in [-0.05, 0) is 47.9 Å². The Labute approximate surface area is 166 Å². The normalized spacial score (nSPS) is 12.9. The van der Waals surface area contributed by atoms with Crippen LogP contribution in [0, 0.1) is 13.8 Å². The quantitative estimate of drug-likeness (QED) is 0.284. The number of fused-ring (bicyclic) bond motifs is 3. The van der Waals surface area contributed by atoms with Gasteiger partial charge < -0.3 is 4.74 Å². The number of ether oxygens (including phenoxy) is 1. The number of aromatic nitrogens is 1. The van der Waals surface area contributed by atoms with Crippen LogP contribution in [0.5, 0.6) is 11.5 Å². The number of para-hydroxylation sites is 1. The Balaban J connectivity index is 2.08. The third-order valence-electron chi connectivity index (χ3n) is 6.16. The van der Waals surface area contributed by atoms with E-state index in [1.807, 2.05) is 0 Å². The van der Waals surface area contributed by atoms with Crippen LogP contribution < -0.4 is 9.30 Å². The summed E-state index contributed by atoms with van der Waals surface area (Å²) in [5.74, 6) is 1.96. The largest absolute Gasteiger partial charge is 0.449 e. The molecular weight excluding hydrogens is 342 g/mol. The molecular formula is C26H26NO+. The van der Waals surface area contributed by atoms with Crippen LogP contribution in [0.1, 0.15) is 37.5 Å². The zero-order chi connectivity index (χ0) is 19.8. The Bertz CT molecular complexity index is 1290. The van der Waals surface area contributed by atoms with Crippen LogP contribution in [-0.4, -0.2) is 0 Å². The first-order valence-corrected chi connectivity index (χ1v) is 9.95.